The van der Waals surface area contributed by atoms with Gasteiger partial charge in [-0.1, -0.05) is 30.3 Å². The molecule has 110 valence electrons. The molecule has 0 aliphatic carbocycles. The predicted molar refractivity (Wildman–Crippen MR) is 85.1 cm³/mol. The maximum atomic E-state index is 11.0. The highest BCUT2D eigenvalue weighted by molar-refractivity contribution is 5.91. The summed E-state index contributed by atoms with van der Waals surface area (Å²) in [5.41, 5.74) is 5.40. The van der Waals surface area contributed by atoms with Gasteiger partial charge in [0.25, 0.3) is 5.91 Å². The molecule has 0 radical (unpaired) electrons. The first-order valence-corrected chi connectivity index (χ1v) is 6.83. The molecular formula is C17H15N3O2. The van der Waals surface area contributed by atoms with E-state index in [1.165, 1.54) is 6.08 Å². The minimum atomic E-state index is -0.562. The average Bonchev–Trinajstić information content (AvgIpc) is 2.90. The van der Waals surface area contributed by atoms with Crippen molar-refractivity contribution in [3.8, 4) is 11.4 Å². The van der Waals surface area contributed by atoms with Crippen molar-refractivity contribution >= 4 is 23.0 Å². The fourth-order valence-corrected chi connectivity index (χ4v) is 2.39. The van der Waals surface area contributed by atoms with Gasteiger partial charge in [0.2, 0.25) is 0 Å². The number of imidazole rings is 1. The third kappa shape index (κ3) is 2.62. The van der Waals surface area contributed by atoms with Crippen molar-refractivity contribution in [2.24, 2.45) is 7.05 Å². The SMILES string of the molecule is Cn1c(-c2cccc(C=CC(=O)NO)c2)nc2ccccc21. The average molecular weight is 293 g/mol. The number of nitrogens with zero attached hydrogens (tertiary/aromatic N) is 2. The van der Waals surface area contributed by atoms with E-state index in [-0.39, 0.29) is 0 Å². The van der Waals surface area contributed by atoms with Crippen molar-refractivity contribution in [1.29, 1.82) is 0 Å². The van der Waals surface area contributed by atoms with Crippen molar-refractivity contribution in [1.82, 2.24) is 15.0 Å². The van der Waals surface area contributed by atoms with Crippen LogP contribution in [0.3, 0.4) is 0 Å². The number of para-hydroxylation sites is 2. The van der Waals surface area contributed by atoms with Crippen molar-refractivity contribution in [3.05, 3.63) is 60.2 Å². The fraction of sp³-hybridized carbons (Fsp3) is 0.0588. The molecule has 1 aromatic heterocycles. The molecule has 0 bridgehead atoms. The number of carbonyl (C=O) groups is 1. The summed E-state index contributed by atoms with van der Waals surface area (Å²) in [7, 11) is 1.98. The quantitative estimate of drug-likeness (QED) is 0.443. The summed E-state index contributed by atoms with van der Waals surface area (Å²) in [4.78, 5) is 15.7. The van der Waals surface area contributed by atoms with Crippen LogP contribution in [0.2, 0.25) is 0 Å². The van der Waals surface area contributed by atoms with Gasteiger partial charge in [-0.3, -0.25) is 10.0 Å². The fourth-order valence-electron chi connectivity index (χ4n) is 2.39. The van der Waals surface area contributed by atoms with Crippen molar-refractivity contribution in [2.45, 2.75) is 0 Å². The minimum absolute atomic E-state index is 0.562. The summed E-state index contributed by atoms with van der Waals surface area (Å²) >= 11 is 0. The van der Waals surface area contributed by atoms with Crippen LogP contribution in [0.25, 0.3) is 28.5 Å². The first-order valence-electron chi connectivity index (χ1n) is 6.83. The number of hydrogen-bond donors (Lipinski definition) is 2. The molecule has 0 saturated carbocycles. The van der Waals surface area contributed by atoms with Crippen LogP contribution in [-0.4, -0.2) is 20.7 Å². The van der Waals surface area contributed by atoms with E-state index in [0.717, 1.165) is 28.0 Å². The van der Waals surface area contributed by atoms with E-state index in [1.807, 2.05) is 60.1 Å². The van der Waals surface area contributed by atoms with E-state index in [1.54, 1.807) is 11.6 Å². The van der Waals surface area contributed by atoms with Gasteiger partial charge in [-0.25, -0.2) is 10.5 Å². The summed E-state index contributed by atoms with van der Waals surface area (Å²) in [5.74, 6) is 0.302. The van der Waals surface area contributed by atoms with E-state index in [0.29, 0.717) is 0 Å². The molecule has 0 atom stereocenters. The number of carbonyl (C=O) groups excluding carboxylic acids is 1. The number of aryl methyl sites for hydroxylation is 1. The van der Waals surface area contributed by atoms with Gasteiger partial charge in [0.05, 0.1) is 11.0 Å². The molecule has 0 fully saturated rings. The third-order valence-corrected chi connectivity index (χ3v) is 3.47. The van der Waals surface area contributed by atoms with Crippen molar-refractivity contribution in [3.63, 3.8) is 0 Å². The Bertz CT molecular complexity index is 865. The van der Waals surface area contributed by atoms with Gasteiger partial charge < -0.3 is 4.57 Å². The van der Waals surface area contributed by atoms with Crippen LogP contribution in [0.5, 0.6) is 0 Å². The second kappa shape index (κ2) is 5.83. The number of amides is 1. The lowest BCUT2D eigenvalue weighted by Gasteiger charge is -2.03. The monoisotopic (exact) mass is 293 g/mol. The van der Waals surface area contributed by atoms with Crippen LogP contribution in [0.1, 0.15) is 5.56 Å². The molecule has 0 unspecified atom stereocenters. The van der Waals surface area contributed by atoms with Gasteiger partial charge in [0.15, 0.2) is 0 Å². The maximum Gasteiger partial charge on any atom is 0.267 e. The zero-order valence-electron chi connectivity index (χ0n) is 12.0. The zero-order chi connectivity index (χ0) is 15.5. The lowest BCUT2D eigenvalue weighted by atomic mass is 10.1. The van der Waals surface area contributed by atoms with Gasteiger partial charge >= 0.3 is 0 Å². The van der Waals surface area contributed by atoms with Crippen LogP contribution in [-0.2, 0) is 11.8 Å². The topological polar surface area (TPSA) is 67.2 Å². The number of nitrogens with one attached hydrogen (secondary N) is 1. The summed E-state index contributed by atoms with van der Waals surface area (Å²) < 4.78 is 2.04. The highest BCUT2D eigenvalue weighted by Gasteiger charge is 2.09. The highest BCUT2D eigenvalue weighted by Crippen LogP contribution is 2.24. The number of aromatic nitrogens is 2. The maximum absolute atomic E-state index is 11.0. The Kier molecular flexibility index (Phi) is 3.72. The van der Waals surface area contributed by atoms with E-state index >= 15 is 0 Å². The Morgan fingerprint density at radius 1 is 1.23 bits per heavy atom. The first kappa shape index (κ1) is 14.0. The number of rotatable bonds is 3. The van der Waals surface area contributed by atoms with Crippen molar-refractivity contribution in [2.75, 3.05) is 0 Å². The lowest BCUT2D eigenvalue weighted by molar-refractivity contribution is -0.124. The van der Waals surface area contributed by atoms with Crippen LogP contribution in [0, 0.1) is 0 Å². The predicted octanol–water partition coefficient (Wildman–Crippen LogP) is 2.76. The van der Waals surface area contributed by atoms with Crippen LogP contribution in [0.4, 0.5) is 0 Å². The van der Waals surface area contributed by atoms with Gasteiger partial charge in [0.1, 0.15) is 5.82 Å². The van der Waals surface area contributed by atoms with E-state index in [9.17, 15) is 4.79 Å². The summed E-state index contributed by atoms with van der Waals surface area (Å²) in [6.45, 7) is 0. The van der Waals surface area contributed by atoms with Gasteiger partial charge in [-0.15, -0.1) is 0 Å². The largest absolute Gasteiger partial charge is 0.327 e. The third-order valence-electron chi connectivity index (χ3n) is 3.47. The smallest absolute Gasteiger partial charge is 0.267 e. The molecule has 3 aromatic rings. The molecule has 0 aliphatic heterocycles. The van der Waals surface area contributed by atoms with Crippen LogP contribution < -0.4 is 5.48 Å². The molecule has 5 nitrogen and oxygen atoms in total. The Labute approximate surface area is 127 Å². The molecule has 3 rings (SSSR count). The van der Waals surface area contributed by atoms with E-state index in [2.05, 4.69) is 4.98 Å². The number of fused-ring (bicyclic) bond motifs is 1. The van der Waals surface area contributed by atoms with Crippen LogP contribution >= 0.6 is 0 Å². The van der Waals surface area contributed by atoms with Crippen molar-refractivity contribution < 1.29 is 10.0 Å². The lowest BCUT2D eigenvalue weighted by Crippen LogP contribution is -2.14. The van der Waals surface area contributed by atoms with E-state index < -0.39 is 5.91 Å². The van der Waals surface area contributed by atoms with E-state index in [4.69, 9.17) is 5.21 Å². The molecule has 0 spiro atoms. The molecule has 22 heavy (non-hydrogen) atoms. The molecule has 1 amide bonds. The second-order valence-electron chi connectivity index (χ2n) is 4.92. The normalized spacial score (nSPS) is 11.2. The molecule has 1 heterocycles. The summed E-state index contributed by atoms with van der Waals surface area (Å²) in [5, 5.41) is 8.50. The second-order valence-corrected chi connectivity index (χ2v) is 4.92. The molecular weight excluding hydrogens is 278 g/mol. The molecule has 2 N–H and O–H groups in total. The first-order chi connectivity index (χ1) is 10.7. The molecule has 5 heteroatoms. The van der Waals surface area contributed by atoms with Gasteiger partial charge in [-0.2, -0.15) is 0 Å². The Morgan fingerprint density at radius 2 is 2.05 bits per heavy atom. The summed E-state index contributed by atoms with van der Waals surface area (Å²) in [6, 6.07) is 15.7. The van der Waals surface area contributed by atoms with Gasteiger partial charge in [0, 0.05) is 18.7 Å². The van der Waals surface area contributed by atoms with Crippen LogP contribution in [0.15, 0.2) is 54.6 Å². The zero-order valence-corrected chi connectivity index (χ0v) is 12.0. The standard InChI is InChI=1S/C17H15N3O2/c1-20-15-8-3-2-7-14(15)18-17(20)13-6-4-5-12(11-13)9-10-16(21)19-22/h2-11,22H,1H3,(H,19,21). The number of hydroxylamine groups is 1. The van der Waals surface area contributed by atoms with Gasteiger partial charge in [-0.05, 0) is 29.8 Å². The highest BCUT2D eigenvalue weighted by atomic mass is 16.5. The summed E-state index contributed by atoms with van der Waals surface area (Å²) in [6.07, 6.45) is 2.91. The Morgan fingerprint density at radius 3 is 2.82 bits per heavy atom. The number of hydrogen-bond acceptors (Lipinski definition) is 3. The number of benzene rings is 2. The minimum Gasteiger partial charge on any atom is -0.327 e. The molecule has 0 saturated heterocycles. The Hall–Kier alpha value is -2.92. The Balaban J connectivity index is 2.02. The molecule has 0 aliphatic rings. The molecule has 2 aromatic carbocycles.